The van der Waals surface area contributed by atoms with E-state index in [2.05, 4.69) is 71.0 Å². The van der Waals surface area contributed by atoms with Gasteiger partial charge in [0.15, 0.2) is 0 Å². The van der Waals surface area contributed by atoms with E-state index in [9.17, 15) is 15.0 Å². The van der Waals surface area contributed by atoms with E-state index in [1.165, 1.54) is 11.1 Å². The monoisotopic (exact) mass is 492 g/mol. The smallest absolute Gasteiger partial charge is 0.150 e. The van der Waals surface area contributed by atoms with Crippen LogP contribution in [0.25, 0.3) is 0 Å². The van der Waals surface area contributed by atoms with Gasteiger partial charge in [0.25, 0.3) is 0 Å². The van der Waals surface area contributed by atoms with Crippen LogP contribution in [0.3, 0.4) is 0 Å². The van der Waals surface area contributed by atoms with Crippen molar-refractivity contribution in [2.24, 2.45) is 0 Å². The number of hydrogen-bond donors (Lipinski definition) is 2. The molecule has 0 fully saturated rings. The largest absolute Gasteiger partial charge is 0.508 e. The maximum absolute atomic E-state index is 11.1. The van der Waals surface area contributed by atoms with Crippen LogP contribution in [-0.4, -0.2) is 16.5 Å². The summed E-state index contributed by atoms with van der Waals surface area (Å²) in [6.45, 7) is 12.9. The Bertz CT molecular complexity index is 1410. The SMILES string of the molecule is Cc1cc(C(C)(C)c2cccc(C(C)(C)c3ccc(O)cc3)c2)cc(C(C)c2ccc(C=O)cc2)c1O. The van der Waals surface area contributed by atoms with Gasteiger partial charge < -0.3 is 10.2 Å². The molecule has 0 radical (unpaired) electrons. The zero-order valence-electron chi connectivity index (χ0n) is 22.5. The summed E-state index contributed by atoms with van der Waals surface area (Å²) in [5.41, 5.74) is 7.52. The van der Waals surface area contributed by atoms with Gasteiger partial charge in [-0.15, -0.1) is 0 Å². The maximum Gasteiger partial charge on any atom is 0.150 e. The van der Waals surface area contributed by atoms with Gasteiger partial charge in [-0.2, -0.15) is 0 Å². The van der Waals surface area contributed by atoms with Crippen molar-refractivity contribution in [2.75, 3.05) is 0 Å². The maximum atomic E-state index is 11.1. The average Bonchev–Trinajstić information content (AvgIpc) is 2.90. The third kappa shape index (κ3) is 5.04. The molecule has 4 aromatic rings. The summed E-state index contributed by atoms with van der Waals surface area (Å²) in [5.74, 6) is 0.547. The fraction of sp³-hybridized carbons (Fsp3) is 0.265. The molecule has 190 valence electrons. The summed E-state index contributed by atoms with van der Waals surface area (Å²) in [6, 6.07) is 27.9. The number of carbonyl (C=O) groups excluding carboxylic acids is 1. The van der Waals surface area contributed by atoms with E-state index in [0.717, 1.165) is 34.1 Å². The number of aryl methyl sites for hydroxylation is 1. The second-order valence-corrected chi connectivity index (χ2v) is 11.1. The van der Waals surface area contributed by atoms with E-state index in [4.69, 9.17) is 0 Å². The van der Waals surface area contributed by atoms with E-state index < -0.39 is 0 Å². The lowest BCUT2D eigenvalue weighted by molar-refractivity contribution is 0.112. The molecular weight excluding hydrogens is 456 g/mol. The molecule has 0 aliphatic carbocycles. The standard InChI is InChI=1S/C34H36O3/c1-22-18-29(20-31(32(22)37)23(2)25-12-10-24(21-35)11-13-25)34(5,6)28-9-7-8-27(19-28)33(3,4)26-14-16-30(36)17-15-26/h7-21,23,36-37H,1-6H3. The van der Waals surface area contributed by atoms with Gasteiger partial charge in [-0.25, -0.2) is 0 Å². The van der Waals surface area contributed by atoms with Crippen LogP contribution < -0.4 is 0 Å². The number of aldehydes is 1. The van der Waals surface area contributed by atoms with Crippen molar-refractivity contribution in [3.05, 3.63) is 129 Å². The van der Waals surface area contributed by atoms with Crippen LogP contribution in [0.4, 0.5) is 0 Å². The Morgan fingerprint density at radius 1 is 0.703 bits per heavy atom. The van der Waals surface area contributed by atoms with E-state index in [-0.39, 0.29) is 22.5 Å². The molecule has 0 bridgehead atoms. The number of aromatic hydroxyl groups is 2. The van der Waals surface area contributed by atoms with Crippen molar-refractivity contribution in [3.8, 4) is 11.5 Å². The molecule has 3 nitrogen and oxygen atoms in total. The number of phenolic OH excluding ortho intramolecular Hbond substituents is 2. The molecule has 1 atom stereocenters. The highest BCUT2D eigenvalue weighted by Gasteiger charge is 2.29. The highest BCUT2D eigenvalue weighted by molar-refractivity contribution is 5.74. The Hall–Kier alpha value is -3.85. The first-order valence-corrected chi connectivity index (χ1v) is 12.7. The zero-order valence-corrected chi connectivity index (χ0v) is 22.5. The van der Waals surface area contributed by atoms with Gasteiger partial charge in [0.2, 0.25) is 0 Å². The van der Waals surface area contributed by atoms with Crippen LogP contribution >= 0.6 is 0 Å². The van der Waals surface area contributed by atoms with Crippen molar-refractivity contribution in [1.29, 1.82) is 0 Å². The van der Waals surface area contributed by atoms with Crippen molar-refractivity contribution in [3.63, 3.8) is 0 Å². The molecule has 4 aromatic carbocycles. The summed E-state index contributed by atoms with van der Waals surface area (Å²) in [5, 5.41) is 20.8. The fourth-order valence-electron chi connectivity index (χ4n) is 5.05. The van der Waals surface area contributed by atoms with Crippen LogP contribution in [0.5, 0.6) is 11.5 Å². The lowest BCUT2D eigenvalue weighted by Gasteiger charge is -2.32. The molecule has 0 aromatic heterocycles. The lowest BCUT2D eigenvalue weighted by atomic mass is 9.72. The molecule has 3 heteroatoms. The quantitative estimate of drug-likeness (QED) is 0.257. The van der Waals surface area contributed by atoms with E-state index in [1.807, 2.05) is 43.3 Å². The van der Waals surface area contributed by atoms with Crippen molar-refractivity contribution < 1.29 is 15.0 Å². The molecule has 0 saturated carbocycles. The van der Waals surface area contributed by atoms with Crippen molar-refractivity contribution >= 4 is 6.29 Å². The minimum atomic E-state index is -0.310. The second-order valence-electron chi connectivity index (χ2n) is 11.1. The van der Waals surface area contributed by atoms with Gasteiger partial charge in [-0.05, 0) is 52.4 Å². The predicted molar refractivity (Wildman–Crippen MR) is 151 cm³/mol. The third-order valence-electron chi connectivity index (χ3n) is 7.99. The summed E-state index contributed by atoms with van der Waals surface area (Å²) in [6.07, 6.45) is 0.844. The topological polar surface area (TPSA) is 57.5 Å². The Balaban J connectivity index is 1.75. The Morgan fingerprint density at radius 2 is 1.27 bits per heavy atom. The molecule has 0 spiro atoms. The summed E-state index contributed by atoms with van der Waals surface area (Å²) in [7, 11) is 0. The highest BCUT2D eigenvalue weighted by atomic mass is 16.3. The number of rotatable bonds is 7. The molecule has 4 rings (SSSR count). The number of hydrogen-bond acceptors (Lipinski definition) is 3. The van der Waals surface area contributed by atoms with Crippen molar-refractivity contribution in [1.82, 2.24) is 0 Å². The highest BCUT2D eigenvalue weighted by Crippen LogP contribution is 2.41. The van der Waals surface area contributed by atoms with E-state index in [1.54, 1.807) is 12.1 Å². The van der Waals surface area contributed by atoms with Crippen LogP contribution in [0.1, 0.15) is 89.8 Å². The van der Waals surface area contributed by atoms with Crippen molar-refractivity contribution in [2.45, 2.75) is 58.3 Å². The van der Waals surface area contributed by atoms with Crippen LogP contribution in [0, 0.1) is 6.92 Å². The van der Waals surface area contributed by atoms with Gasteiger partial charge in [0.05, 0.1) is 0 Å². The Labute approximate surface area is 220 Å². The molecule has 0 aliphatic rings. The van der Waals surface area contributed by atoms with Gasteiger partial charge >= 0.3 is 0 Å². The van der Waals surface area contributed by atoms with Gasteiger partial charge in [0.1, 0.15) is 17.8 Å². The normalized spacial score (nSPS) is 12.8. The molecular formula is C34H36O3. The number of benzene rings is 4. The first-order valence-electron chi connectivity index (χ1n) is 12.7. The molecule has 0 saturated heterocycles. The minimum Gasteiger partial charge on any atom is -0.508 e. The molecule has 0 aliphatic heterocycles. The number of carbonyl (C=O) groups is 1. The second kappa shape index (κ2) is 9.89. The lowest BCUT2D eigenvalue weighted by Crippen LogP contribution is -2.23. The zero-order chi connectivity index (χ0) is 27.0. The van der Waals surface area contributed by atoms with Crippen LogP contribution in [0.15, 0.2) is 84.9 Å². The third-order valence-corrected chi connectivity index (χ3v) is 7.99. The fourth-order valence-corrected chi connectivity index (χ4v) is 5.05. The van der Waals surface area contributed by atoms with Crippen LogP contribution in [-0.2, 0) is 10.8 Å². The van der Waals surface area contributed by atoms with E-state index in [0.29, 0.717) is 11.3 Å². The molecule has 1 unspecified atom stereocenters. The molecule has 2 N–H and O–H groups in total. The summed E-state index contributed by atoms with van der Waals surface area (Å²) < 4.78 is 0. The Kier molecular flexibility index (Phi) is 7.01. The molecule has 0 amide bonds. The number of phenols is 2. The average molecular weight is 493 g/mol. The van der Waals surface area contributed by atoms with E-state index >= 15 is 0 Å². The first-order chi connectivity index (χ1) is 17.4. The predicted octanol–water partition coefficient (Wildman–Crippen LogP) is 8.02. The van der Waals surface area contributed by atoms with Gasteiger partial charge in [0, 0.05) is 27.9 Å². The summed E-state index contributed by atoms with van der Waals surface area (Å²) in [4.78, 5) is 11.1. The molecule has 0 heterocycles. The molecule has 37 heavy (non-hydrogen) atoms. The van der Waals surface area contributed by atoms with Gasteiger partial charge in [-0.1, -0.05) is 107 Å². The van der Waals surface area contributed by atoms with Gasteiger partial charge in [-0.3, -0.25) is 4.79 Å². The Morgan fingerprint density at radius 3 is 1.84 bits per heavy atom. The first kappa shape index (κ1) is 26.2. The minimum absolute atomic E-state index is 0.0325. The summed E-state index contributed by atoms with van der Waals surface area (Å²) >= 11 is 0. The van der Waals surface area contributed by atoms with Crippen LogP contribution in [0.2, 0.25) is 0 Å².